The Morgan fingerprint density at radius 1 is 1.31 bits per heavy atom. The topological polar surface area (TPSA) is 102 Å². The summed E-state index contributed by atoms with van der Waals surface area (Å²) < 4.78 is 0.148. The molecule has 1 atom stereocenters. The van der Waals surface area contributed by atoms with Crippen LogP contribution in [-0.4, -0.2) is 56.9 Å². The number of hydrogen-bond acceptors (Lipinski definition) is 7. The van der Waals surface area contributed by atoms with Crippen LogP contribution in [0.25, 0.3) is 0 Å². The largest absolute Gasteiger partial charge is 0.395 e. The van der Waals surface area contributed by atoms with Crippen molar-refractivity contribution in [2.75, 3.05) is 36.9 Å². The summed E-state index contributed by atoms with van der Waals surface area (Å²) in [5.74, 6) is 0.880. The molecule has 1 aromatic heterocycles. The quantitative estimate of drug-likeness (QED) is 0.617. The number of nitrogens with one attached hydrogen (secondary N) is 1. The van der Waals surface area contributed by atoms with Crippen molar-refractivity contribution in [3.8, 4) is 0 Å². The smallest absolute Gasteiger partial charge is 0.144 e. The SMILES string of the molecule is N=C(Br)c1c(N)ncnc1N1CCN(Cc2ccc(Cl)cc2)C(CO)C1. The van der Waals surface area contributed by atoms with Gasteiger partial charge in [0.15, 0.2) is 0 Å². The summed E-state index contributed by atoms with van der Waals surface area (Å²) in [7, 11) is 0. The molecule has 9 heteroatoms. The second-order valence-corrected chi connectivity index (χ2v) is 7.38. The van der Waals surface area contributed by atoms with Crippen LogP contribution in [0.3, 0.4) is 0 Å². The van der Waals surface area contributed by atoms with Gasteiger partial charge in [-0.15, -0.1) is 0 Å². The maximum Gasteiger partial charge on any atom is 0.144 e. The number of aliphatic hydroxyl groups is 1. The lowest BCUT2D eigenvalue weighted by molar-refractivity contribution is 0.105. The standard InChI is InChI=1S/C17H20BrClN6O/c18-15(20)14-16(21)22-10-23-17(14)25-6-5-24(13(8-25)9-26)7-11-1-3-12(19)4-2-11/h1-4,10,13,20,26H,5-9H2,(H2,21,22,23). The maximum absolute atomic E-state index is 9.88. The second-order valence-electron chi connectivity index (χ2n) is 6.15. The lowest BCUT2D eigenvalue weighted by Crippen LogP contribution is -2.54. The molecular weight excluding hydrogens is 420 g/mol. The van der Waals surface area contributed by atoms with E-state index in [0.29, 0.717) is 29.5 Å². The van der Waals surface area contributed by atoms with Gasteiger partial charge in [0.2, 0.25) is 0 Å². The van der Waals surface area contributed by atoms with Gasteiger partial charge < -0.3 is 15.7 Å². The number of nitrogen functional groups attached to an aromatic ring is 1. The van der Waals surface area contributed by atoms with Crippen LogP contribution in [0.15, 0.2) is 30.6 Å². The molecule has 1 aliphatic rings. The van der Waals surface area contributed by atoms with E-state index < -0.39 is 0 Å². The average molecular weight is 440 g/mol. The number of piperazine rings is 1. The van der Waals surface area contributed by atoms with E-state index in [1.165, 1.54) is 6.33 Å². The Morgan fingerprint density at radius 2 is 2.04 bits per heavy atom. The third kappa shape index (κ3) is 4.15. The van der Waals surface area contributed by atoms with Crippen molar-refractivity contribution in [3.63, 3.8) is 0 Å². The highest BCUT2D eigenvalue weighted by molar-refractivity contribution is 9.18. The van der Waals surface area contributed by atoms with E-state index in [1.807, 2.05) is 29.2 Å². The van der Waals surface area contributed by atoms with Gasteiger partial charge >= 0.3 is 0 Å². The van der Waals surface area contributed by atoms with Crippen molar-refractivity contribution >= 4 is 43.8 Å². The zero-order valence-electron chi connectivity index (χ0n) is 14.1. The molecule has 26 heavy (non-hydrogen) atoms. The summed E-state index contributed by atoms with van der Waals surface area (Å²) in [5, 5.41) is 18.5. The molecular formula is C17H20BrClN6O. The van der Waals surface area contributed by atoms with Gasteiger partial charge in [-0.1, -0.05) is 23.7 Å². The monoisotopic (exact) mass is 438 g/mol. The number of halogens is 2. The van der Waals surface area contributed by atoms with Crippen molar-refractivity contribution in [2.45, 2.75) is 12.6 Å². The highest BCUT2D eigenvalue weighted by atomic mass is 79.9. The van der Waals surface area contributed by atoms with Crippen LogP contribution in [0, 0.1) is 5.41 Å². The van der Waals surface area contributed by atoms with Gasteiger partial charge in [0.25, 0.3) is 0 Å². The molecule has 3 rings (SSSR count). The van der Waals surface area contributed by atoms with E-state index in [4.69, 9.17) is 22.7 Å². The van der Waals surface area contributed by atoms with Crippen LogP contribution in [0.4, 0.5) is 11.6 Å². The number of nitrogens with two attached hydrogens (primary N) is 1. The molecule has 4 N–H and O–H groups in total. The minimum atomic E-state index is -0.0482. The molecule has 2 heterocycles. The summed E-state index contributed by atoms with van der Waals surface area (Å²) in [6.45, 7) is 2.84. The van der Waals surface area contributed by atoms with Gasteiger partial charge in [-0.3, -0.25) is 10.3 Å². The van der Waals surface area contributed by atoms with Gasteiger partial charge in [0.1, 0.15) is 22.6 Å². The maximum atomic E-state index is 9.88. The van der Waals surface area contributed by atoms with Gasteiger partial charge in [-0.2, -0.15) is 0 Å². The van der Waals surface area contributed by atoms with E-state index in [1.54, 1.807) is 0 Å². The van der Waals surface area contributed by atoms with E-state index >= 15 is 0 Å². The van der Waals surface area contributed by atoms with Crippen LogP contribution < -0.4 is 10.6 Å². The van der Waals surface area contributed by atoms with Gasteiger partial charge in [0, 0.05) is 31.2 Å². The normalized spacial score (nSPS) is 18.1. The zero-order valence-corrected chi connectivity index (χ0v) is 16.4. The molecule has 1 aliphatic heterocycles. The van der Waals surface area contributed by atoms with Crippen LogP contribution >= 0.6 is 27.5 Å². The number of rotatable bonds is 5. The Kier molecular flexibility index (Phi) is 6.08. The molecule has 0 aliphatic carbocycles. The summed E-state index contributed by atoms with van der Waals surface area (Å²) in [4.78, 5) is 12.6. The van der Waals surface area contributed by atoms with Crippen molar-refractivity contribution in [2.24, 2.45) is 0 Å². The second kappa shape index (κ2) is 8.30. The molecule has 0 radical (unpaired) electrons. The van der Waals surface area contributed by atoms with Crippen molar-refractivity contribution in [3.05, 3.63) is 46.7 Å². The summed E-state index contributed by atoms with van der Waals surface area (Å²) in [6.07, 6.45) is 1.40. The molecule has 0 bridgehead atoms. The first-order valence-electron chi connectivity index (χ1n) is 8.18. The molecule has 1 aromatic carbocycles. The van der Waals surface area contributed by atoms with Crippen LogP contribution in [0.1, 0.15) is 11.1 Å². The Hall–Kier alpha value is -1.74. The summed E-state index contributed by atoms with van der Waals surface area (Å²) >= 11 is 9.12. The van der Waals surface area contributed by atoms with Crippen LogP contribution in [-0.2, 0) is 6.54 Å². The predicted molar refractivity (Wildman–Crippen MR) is 107 cm³/mol. The van der Waals surface area contributed by atoms with E-state index in [2.05, 4.69) is 30.8 Å². The summed E-state index contributed by atoms with van der Waals surface area (Å²) in [5.41, 5.74) is 7.55. The first-order chi connectivity index (χ1) is 12.5. The van der Waals surface area contributed by atoms with Crippen LogP contribution in [0.2, 0.25) is 5.02 Å². The molecule has 1 fully saturated rings. The fourth-order valence-electron chi connectivity index (χ4n) is 3.13. The molecule has 0 amide bonds. The third-order valence-electron chi connectivity index (χ3n) is 4.49. The Balaban J connectivity index is 1.77. The Morgan fingerprint density at radius 3 is 2.69 bits per heavy atom. The first-order valence-corrected chi connectivity index (χ1v) is 9.36. The number of hydrogen-bond donors (Lipinski definition) is 3. The molecule has 0 spiro atoms. The number of aliphatic hydroxyl groups excluding tert-OH is 1. The molecule has 2 aromatic rings. The van der Waals surface area contributed by atoms with Gasteiger partial charge in [-0.05, 0) is 33.6 Å². The van der Waals surface area contributed by atoms with Crippen molar-refractivity contribution in [1.29, 1.82) is 5.41 Å². The van der Waals surface area contributed by atoms with E-state index in [9.17, 15) is 5.11 Å². The third-order valence-corrected chi connectivity index (χ3v) is 5.14. The lowest BCUT2D eigenvalue weighted by Gasteiger charge is -2.41. The molecule has 7 nitrogen and oxygen atoms in total. The van der Waals surface area contributed by atoms with Gasteiger partial charge in [0.05, 0.1) is 18.2 Å². The van der Waals surface area contributed by atoms with Gasteiger partial charge in [-0.25, -0.2) is 9.97 Å². The first kappa shape index (κ1) is 19.0. The molecule has 1 unspecified atom stereocenters. The number of aromatic nitrogens is 2. The minimum Gasteiger partial charge on any atom is -0.395 e. The predicted octanol–water partition coefficient (Wildman–Crippen LogP) is 2.12. The highest BCUT2D eigenvalue weighted by Gasteiger charge is 2.29. The summed E-state index contributed by atoms with van der Waals surface area (Å²) in [6, 6.07) is 7.70. The number of nitrogens with zero attached hydrogens (tertiary/aromatic N) is 4. The fraction of sp³-hybridized carbons (Fsp3) is 0.353. The van der Waals surface area contributed by atoms with Crippen LogP contribution in [0.5, 0.6) is 0 Å². The zero-order chi connectivity index (χ0) is 18.7. The lowest BCUT2D eigenvalue weighted by atomic mass is 10.1. The molecule has 138 valence electrons. The minimum absolute atomic E-state index is 0.0335. The highest BCUT2D eigenvalue weighted by Crippen LogP contribution is 2.26. The number of benzene rings is 1. The van der Waals surface area contributed by atoms with Crippen molar-refractivity contribution < 1.29 is 5.11 Å². The van der Waals surface area contributed by atoms with Crippen molar-refractivity contribution in [1.82, 2.24) is 14.9 Å². The Bertz CT molecular complexity index is 787. The molecule has 0 saturated carbocycles. The van der Waals surface area contributed by atoms with E-state index in [-0.39, 0.29) is 23.1 Å². The van der Waals surface area contributed by atoms with E-state index in [0.717, 1.165) is 18.7 Å². The Labute approximate surface area is 165 Å². The molecule has 1 saturated heterocycles. The average Bonchev–Trinajstić information content (AvgIpc) is 2.63. The fourth-order valence-corrected chi connectivity index (χ4v) is 3.64. The number of anilines is 2.